The lowest BCUT2D eigenvalue weighted by Gasteiger charge is -2.01. The van der Waals surface area contributed by atoms with E-state index >= 15 is 0 Å². The predicted octanol–water partition coefficient (Wildman–Crippen LogP) is -0.385. The summed E-state index contributed by atoms with van der Waals surface area (Å²) in [6.45, 7) is 0. The van der Waals surface area contributed by atoms with Crippen molar-refractivity contribution in [3.63, 3.8) is 0 Å². The van der Waals surface area contributed by atoms with E-state index in [1.54, 1.807) is 24.3 Å². The van der Waals surface area contributed by atoms with E-state index in [9.17, 15) is 26.7 Å². The highest BCUT2D eigenvalue weighted by atomic mass is 32.2. The number of rotatable bonds is 0. The third-order valence-corrected chi connectivity index (χ3v) is 5.95. The van der Waals surface area contributed by atoms with Crippen molar-refractivity contribution in [2.24, 2.45) is 4.40 Å². The molecular formula is C14H9N2O6S2-. The topological polar surface area (TPSA) is 133 Å². The smallest absolute Gasteiger partial charge is 0.282 e. The fourth-order valence-corrected chi connectivity index (χ4v) is 4.47. The van der Waals surface area contributed by atoms with Crippen molar-refractivity contribution in [2.45, 2.75) is 9.79 Å². The number of hydrogen-bond acceptors (Lipinski definition) is 6. The molecule has 2 aliphatic rings. The van der Waals surface area contributed by atoms with Crippen LogP contribution in [0.15, 0.2) is 62.7 Å². The molecule has 0 radical (unpaired) electrons. The van der Waals surface area contributed by atoms with Gasteiger partial charge >= 0.3 is 0 Å². The first-order chi connectivity index (χ1) is 11.2. The average Bonchev–Trinajstić information content (AvgIpc) is 2.91. The lowest BCUT2D eigenvalue weighted by Crippen LogP contribution is -2.20. The number of hydrogen-bond donors (Lipinski definition) is 1. The molecule has 0 aliphatic carbocycles. The second-order valence-corrected chi connectivity index (χ2v) is 8.02. The molecule has 0 fully saturated rings. The van der Waals surface area contributed by atoms with Gasteiger partial charge < -0.3 is 5.11 Å². The minimum atomic E-state index is -3.68. The van der Waals surface area contributed by atoms with Crippen LogP contribution in [0, 0.1) is 0 Å². The molecular weight excluding hydrogens is 356 g/mol. The van der Waals surface area contributed by atoms with E-state index in [0.29, 0.717) is 0 Å². The minimum Gasteiger partial charge on any atom is -0.858 e. The van der Waals surface area contributed by atoms with Crippen molar-refractivity contribution in [1.82, 2.24) is 4.72 Å². The van der Waals surface area contributed by atoms with Crippen LogP contribution in [0.25, 0.3) is 0 Å². The molecule has 1 amide bonds. The zero-order valence-corrected chi connectivity index (χ0v) is 13.5. The molecule has 0 saturated carbocycles. The first-order valence-electron chi connectivity index (χ1n) is 6.50. The van der Waals surface area contributed by atoms with Crippen molar-refractivity contribution in [1.29, 1.82) is 0 Å². The van der Waals surface area contributed by atoms with Gasteiger partial charge in [-0.3, -0.25) is 4.79 Å². The number of carbonyl (C=O) groups is 1. The van der Waals surface area contributed by atoms with Crippen molar-refractivity contribution in [3.05, 3.63) is 59.7 Å². The van der Waals surface area contributed by atoms with Crippen molar-refractivity contribution >= 4 is 31.9 Å². The average molecular weight is 365 g/mol. The van der Waals surface area contributed by atoms with E-state index in [1.165, 1.54) is 24.3 Å². The number of amides is 1. The maximum Gasteiger partial charge on any atom is 0.282 e. The maximum atomic E-state index is 11.1. The van der Waals surface area contributed by atoms with Crippen molar-refractivity contribution in [3.8, 4) is 0 Å². The monoisotopic (exact) mass is 365 g/mol. The second kappa shape index (κ2) is 5.42. The molecule has 0 saturated heterocycles. The summed E-state index contributed by atoms with van der Waals surface area (Å²) >= 11 is 0. The van der Waals surface area contributed by atoms with Gasteiger partial charge in [-0.2, -0.15) is 12.8 Å². The summed E-state index contributed by atoms with van der Waals surface area (Å²) in [5.41, 5.74) is 0.384. The number of sulfonamides is 2. The SMILES string of the molecule is O=C1NS(=O)(=O)c2ccccc21.O=S1(=O)N=C([O-])c2ccccc21. The highest BCUT2D eigenvalue weighted by Gasteiger charge is 2.31. The fourth-order valence-electron chi connectivity index (χ4n) is 2.20. The molecule has 4 rings (SSSR count). The quantitative estimate of drug-likeness (QED) is 0.676. The van der Waals surface area contributed by atoms with Gasteiger partial charge in [0, 0.05) is 11.5 Å². The summed E-state index contributed by atoms with van der Waals surface area (Å²) < 4.78 is 49.3. The summed E-state index contributed by atoms with van der Waals surface area (Å²) in [6.07, 6.45) is 0. The first kappa shape index (κ1) is 16.1. The number of carbonyl (C=O) groups excluding carboxylic acids is 1. The third kappa shape index (κ3) is 2.65. The van der Waals surface area contributed by atoms with E-state index in [-0.39, 0.29) is 20.9 Å². The number of nitrogens with one attached hydrogen (secondary N) is 1. The summed E-state index contributed by atoms with van der Waals surface area (Å²) in [5, 5.41) is 10.9. The number of benzene rings is 2. The lowest BCUT2D eigenvalue weighted by molar-refractivity contribution is -0.212. The molecule has 24 heavy (non-hydrogen) atoms. The van der Waals surface area contributed by atoms with Gasteiger partial charge in [0.2, 0.25) is 0 Å². The van der Waals surface area contributed by atoms with Crippen LogP contribution < -0.4 is 9.83 Å². The molecule has 0 bridgehead atoms. The standard InChI is InChI=1S/2C7H5NO3S/c2*9-7-5-3-1-2-4-6(5)12(10,11)8-7/h2*1-4H,(H,8,9)/p-1. The van der Waals surface area contributed by atoms with Gasteiger partial charge in [0.15, 0.2) is 0 Å². The van der Waals surface area contributed by atoms with Gasteiger partial charge in [-0.15, -0.1) is 0 Å². The van der Waals surface area contributed by atoms with E-state index in [2.05, 4.69) is 4.40 Å². The Balaban J connectivity index is 0.000000141. The molecule has 0 atom stereocenters. The molecule has 0 unspecified atom stereocenters. The Hall–Kier alpha value is -2.72. The predicted molar refractivity (Wildman–Crippen MR) is 81.3 cm³/mol. The fraction of sp³-hybridized carbons (Fsp3) is 0. The first-order valence-corrected chi connectivity index (χ1v) is 9.42. The molecule has 2 aromatic carbocycles. The Morgan fingerprint density at radius 3 is 1.96 bits per heavy atom. The van der Waals surface area contributed by atoms with E-state index in [4.69, 9.17) is 0 Å². The summed E-state index contributed by atoms with van der Waals surface area (Å²) in [4.78, 5) is 11.1. The molecule has 2 heterocycles. The Bertz CT molecular complexity index is 1080. The van der Waals surface area contributed by atoms with Gasteiger partial charge in [0.25, 0.3) is 26.0 Å². The number of fused-ring (bicyclic) bond motifs is 2. The van der Waals surface area contributed by atoms with Crippen LogP contribution >= 0.6 is 0 Å². The Morgan fingerprint density at radius 1 is 0.833 bits per heavy atom. The molecule has 2 aliphatic heterocycles. The molecule has 2 aromatic rings. The summed E-state index contributed by atoms with van der Waals surface area (Å²) in [6, 6.07) is 12.1. The van der Waals surface area contributed by atoms with Crippen LogP contribution in [0.1, 0.15) is 15.9 Å². The van der Waals surface area contributed by atoms with Crippen LogP contribution in [-0.4, -0.2) is 28.6 Å². The van der Waals surface area contributed by atoms with Crippen LogP contribution in [0.5, 0.6) is 0 Å². The van der Waals surface area contributed by atoms with Crippen molar-refractivity contribution in [2.75, 3.05) is 0 Å². The third-order valence-electron chi connectivity index (χ3n) is 3.25. The van der Waals surface area contributed by atoms with E-state index in [1.807, 2.05) is 4.72 Å². The minimum absolute atomic E-state index is 0.00926. The summed E-state index contributed by atoms with van der Waals surface area (Å²) in [7, 11) is -7.23. The Morgan fingerprint density at radius 2 is 1.38 bits per heavy atom. The highest BCUT2D eigenvalue weighted by molar-refractivity contribution is 7.91. The zero-order valence-electron chi connectivity index (χ0n) is 11.8. The highest BCUT2D eigenvalue weighted by Crippen LogP contribution is 2.23. The van der Waals surface area contributed by atoms with Crippen LogP contribution in [0.2, 0.25) is 0 Å². The Kier molecular flexibility index (Phi) is 3.65. The molecule has 124 valence electrons. The van der Waals surface area contributed by atoms with Crippen molar-refractivity contribution < 1.29 is 26.7 Å². The Labute approximate surface area is 137 Å². The molecule has 8 nitrogen and oxygen atoms in total. The largest absolute Gasteiger partial charge is 0.858 e. The van der Waals surface area contributed by atoms with Crippen LogP contribution in [-0.2, 0) is 20.0 Å². The number of nitrogens with zero attached hydrogens (tertiary/aromatic N) is 1. The van der Waals surface area contributed by atoms with E-state index < -0.39 is 31.9 Å². The van der Waals surface area contributed by atoms with Gasteiger partial charge in [-0.25, -0.2) is 13.1 Å². The lowest BCUT2D eigenvalue weighted by atomic mass is 10.2. The molecule has 0 aromatic heterocycles. The summed E-state index contributed by atoms with van der Waals surface area (Å²) in [5.74, 6) is -1.23. The van der Waals surface area contributed by atoms with Crippen LogP contribution in [0.3, 0.4) is 0 Å². The molecule has 10 heteroatoms. The van der Waals surface area contributed by atoms with Crippen LogP contribution in [0.4, 0.5) is 0 Å². The normalized spacial score (nSPS) is 18.5. The zero-order chi connectivity index (χ0) is 17.5. The molecule has 0 spiro atoms. The maximum absolute atomic E-state index is 11.1. The van der Waals surface area contributed by atoms with Gasteiger partial charge in [0.05, 0.1) is 10.5 Å². The second-order valence-electron chi connectivity index (χ2n) is 4.80. The van der Waals surface area contributed by atoms with Gasteiger partial charge in [0.1, 0.15) is 4.90 Å². The van der Waals surface area contributed by atoms with E-state index in [0.717, 1.165) is 0 Å². The molecule has 1 N–H and O–H groups in total. The van der Waals surface area contributed by atoms with Gasteiger partial charge in [-0.05, 0) is 18.2 Å². The van der Waals surface area contributed by atoms with Gasteiger partial charge in [-0.1, -0.05) is 30.3 Å².